The molecule has 0 unspecified atom stereocenters. The first kappa shape index (κ1) is 20.0. The Labute approximate surface area is 179 Å². The van der Waals surface area contributed by atoms with Gasteiger partial charge in [-0.25, -0.2) is 4.52 Å². The van der Waals surface area contributed by atoms with Gasteiger partial charge in [-0.2, -0.15) is 4.98 Å². The topological polar surface area (TPSA) is 83.8 Å². The summed E-state index contributed by atoms with van der Waals surface area (Å²) in [7, 11) is 3.99. The van der Waals surface area contributed by atoms with Crippen LogP contribution in [0.4, 0.5) is 23.0 Å². The van der Waals surface area contributed by atoms with Crippen LogP contribution in [0.1, 0.15) is 0 Å². The molecule has 8 nitrogen and oxygen atoms in total. The highest BCUT2D eigenvalue weighted by molar-refractivity contribution is 5.98. The Hall–Kier alpha value is -4.33. The molecule has 0 aliphatic carbocycles. The normalized spacial score (nSPS) is 10.5. The number of carbonyl (C=O) groups excluding carboxylic acids is 1. The van der Waals surface area contributed by atoms with Crippen LogP contribution in [0.25, 0.3) is 5.52 Å². The average Bonchev–Trinajstić information content (AvgIpc) is 3.23. The van der Waals surface area contributed by atoms with Gasteiger partial charge in [0, 0.05) is 43.4 Å². The van der Waals surface area contributed by atoms with Crippen molar-refractivity contribution in [1.82, 2.24) is 14.6 Å². The lowest BCUT2D eigenvalue weighted by molar-refractivity contribution is -0.111. The number of hydrogen-bond donors (Lipinski definition) is 2. The third-order valence-corrected chi connectivity index (χ3v) is 4.50. The van der Waals surface area contributed by atoms with Gasteiger partial charge in [-0.05, 0) is 54.6 Å². The van der Waals surface area contributed by atoms with Crippen molar-refractivity contribution >= 4 is 34.4 Å². The summed E-state index contributed by atoms with van der Waals surface area (Å²) < 4.78 is 7.74. The highest BCUT2D eigenvalue weighted by Gasteiger charge is 2.11. The van der Waals surface area contributed by atoms with E-state index in [9.17, 15) is 4.79 Å². The Morgan fingerprint density at radius 1 is 1.10 bits per heavy atom. The van der Waals surface area contributed by atoms with Gasteiger partial charge in [-0.1, -0.05) is 12.6 Å². The smallest absolute Gasteiger partial charge is 0.248 e. The molecule has 0 aliphatic heterocycles. The molecule has 4 rings (SSSR count). The Kier molecular flexibility index (Phi) is 5.53. The lowest BCUT2D eigenvalue weighted by atomic mass is 10.2. The van der Waals surface area contributed by atoms with Crippen LogP contribution in [0.3, 0.4) is 0 Å². The summed E-state index contributed by atoms with van der Waals surface area (Å²) in [5.41, 5.74) is 3.27. The molecule has 0 fully saturated rings. The summed E-state index contributed by atoms with van der Waals surface area (Å²) in [6.07, 6.45) is 3.04. The Morgan fingerprint density at radius 3 is 2.65 bits per heavy atom. The molecule has 156 valence electrons. The minimum absolute atomic E-state index is 0.292. The predicted octanol–water partition coefficient (Wildman–Crippen LogP) is 4.46. The maximum Gasteiger partial charge on any atom is 0.248 e. The summed E-state index contributed by atoms with van der Waals surface area (Å²) in [6, 6.07) is 18.8. The summed E-state index contributed by atoms with van der Waals surface area (Å²) in [5.74, 6) is 1.02. The van der Waals surface area contributed by atoms with E-state index in [2.05, 4.69) is 27.3 Å². The second-order valence-electron chi connectivity index (χ2n) is 6.97. The number of aromatic nitrogens is 3. The maximum atomic E-state index is 11.6. The van der Waals surface area contributed by atoms with Gasteiger partial charge in [0.05, 0.1) is 0 Å². The zero-order chi connectivity index (χ0) is 21.8. The van der Waals surface area contributed by atoms with Gasteiger partial charge in [-0.15, -0.1) is 5.10 Å². The van der Waals surface area contributed by atoms with Gasteiger partial charge >= 0.3 is 0 Å². The van der Waals surface area contributed by atoms with Crippen LogP contribution < -0.4 is 20.3 Å². The van der Waals surface area contributed by atoms with E-state index in [0.29, 0.717) is 28.8 Å². The van der Waals surface area contributed by atoms with Gasteiger partial charge in [0.15, 0.2) is 0 Å². The van der Waals surface area contributed by atoms with E-state index in [1.807, 2.05) is 61.6 Å². The van der Waals surface area contributed by atoms with Crippen LogP contribution in [-0.2, 0) is 4.79 Å². The molecule has 2 aromatic carbocycles. The standard InChI is InChI=1S/C23H22N6O2/c1-4-21(30)24-17-7-5-8-19(15-17)31-22-20-9-6-14-29(20)27-23(26-22)25-16-10-12-18(13-11-16)28(2)3/h4-15H,1H2,2-3H3,(H,24,30)(H,25,27). The van der Waals surface area contributed by atoms with Crippen molar-refractivity contribution in [2.75, 3.05) is 29.6 Å². The van der Waals surface area contributed by atoms with Crippen LogP contribution in [-0.4, -0.2) is 34.6 Å². The monoisotopic (exact) mass is 414 g/mol. The van der Waals surface area contributed by atoms with Crippen LogP contribution >= 0.6 is 0 Å². The number of anilines is 4. The van der Waals surface area contributed by atoms with Crippen molar-refractivity contribution in [3.63, 3.8) is 0 Å². The van der Waals surface area contributed by atoms with E-state index < -0.39 is 0 Å². The van der Waals surface area contributed by atoms with Crippen molar-refractivity contribution < 1.29 is 9.53 Å². The first-order chi connectivity index (χ1) is 15.0. The number of benzene rings is 2. The zero-order valence-corrected chi connectivity index (χ0v) is 17.2. The quantitative estimate of drug-likeness (QED) is 0.435. The zero-order valence-electron chi connectivity index (χ0n) is 17.2. The number of fused-ring (bicyclic) bond motifs is 1. The van der Waals surface area contributed by atoms with Gasteiger partial charge in [-0.3, -0.25) is 4.79 Å². The minimum Gasteiger partial charge on any atom is -0.437 e. The number of ether oxygens (including phenoxy) is 1. The third kappa shape index (κ3) is 4.64. The van der Waals surface area contributed by atoms with E-state index in [1.54, 1.807) is 28.8 Å². The fourth-order valence-electron chi connectivity index (χ4n) is 2.95. The molecule has 1 amide bonds. The van der Waals surface area contributed by atoms with Crippen LogP contribution in [0, 0.1) is 0 Å². The summed E-state index contributed by atoms with van der Waals surface area (Å²) in [6.45, 7) is 3.46. The molecule has 0 atom stereocenters. The molecule has 8 heteroatoms. The van der Waals surface area contributed by atoms with Gasteiger partial charge in [0.1, 0.15) is 11.3 Å². The fourth-order valence-corrected chi connectivity index (χ4v) is 2.95. The van der Waals surface area contributed by atoms with E-state index >= 15 is 0 Å². The van der Waals surface area contributed by atoms with Gasteiger partial charge in [0.2, 0.25) is 17.7 Å². The maximum absolute atomic E-state index is 11.6. The third-order valence-electron chi connectivity index (χ3n) is 4.50. The van der Waals surface area contributed by atoms with E-state index in [-0.39, 0.29) is 5.91 Å². The Morgan fingerprint density at radius 2 is 1.90 bits per heavy atom. The van der Waals surface area contributed by atoms with E-state index in [4.69, 9.17) is 4.74 Å². The molecule has 0 radical (unpaired) electrons. The van der Waals surface area contributed by atoms with Gasteiger partial charge < -0.3 is 20.3 Å². The number of nitrogens with one attached hydrogen (secondary N) is 2. The molecule has 2 N–H and O–H groups in total. The van der Waals surface area contributed by atoms with E-state index in [1.165, 1.54) is 6.08 Å². The molecule has 0 spiro atoms. The largest absolute Gasteiger partial charge is 0.437 e. The summed E-state index contributed by atoms with van der Waals surface area (Å²) in [4.78, 5) is 18.1. The SMILES string of the molecule is C=CC(=O)Nc1cccc(Oc2nc(Nc3ccc(N(C)C)cc3)nn3cccc23)c1. The second-order valence-corrected chi connectivity index (χ2v) is 6.97. The predicted molar refractivity (Wildman–Crippen MR) is 122 cm³/mol. The molecular formula is C23H22N6O2. The van der Waals surface area contributed by atoms with Gasteiger partial charge in [0.25, 0.3) is 0 Å². The summed E-state index contributed by atoms with van der Waals surface area (Å²) >= 11 is 0. The molecular weight excluding hydrogens is 392 g/mol. The summed E-state index contributed by atoms with van der Waals surface area (Å²) in [5, 5.41) is 10.4. The second kappa shape index (κ2) is 8.58. The molecule has 2 aromatic heterocycles. The number of nitrogens with zero attached hydrogens (tertiary/aromatic N) is 4. The first-order valence-corrected chi connectivity index (χ1v) is 9.63. The van der Waals surface area contributed by atoms with Crippen molar-refractivity contribution in [2.45, 2.75) is 0 Å². The van der Waals surface area contributed by atoms with Crippen molar-refractivity contribution in [2.24, 2.45) is 0 Å². The number of amides is 1. The van der Waals surface area contributed by atoms with Crippen molar-refractivity contribution in [1.29, 1.82) is 0 Å². The Balaban J connectivity index is 1.61. The number of carbonyl (C=O) groups is 1. The lowest BCUT2D eigenvalue weighted by Gasteiger charge is -2.13. The highest BCUT2D eigenvalue weighted by Crippen LogP contribution is 2.28. The molecule has 31 heavy (non-hydrogen) atoms. The molecule has 0 bridgehead atoms. The van der Waals surface area contributed by atoms with Crippen LogP contribution in [0.15, 0.2) is 79.5 Å². The number of hydrogen-bond acceptors (Lipinski definition) is 6. The fraction of sp³-hybridized carbons (Fsp3) is 0.0870. The molecule has 2 heterocycles. The highest BCUT2D eigenvalue weighted by atomic mass is 16.5. The Bertz CT molecular complexity index is 1230. The van der Waals surface area contributed by atoms with Crippen molar-refractivity contribution in [3.8, 4) is 11.6 Å². The lowest BCUT2D eigenvalue weighted by Crippen LogP contribution is -2.08. The first-order valence-electron chi connectivity index (χ1n) is 9.63. The van der Waals surface area contributed by atoms with Crippen LogP contribution in [0.2, 0.25) is 0 Å². The molecule has 0 saturated carbocycles. The molecule has 4 aromatic rings. The van der Waals surface area contributed by atoms with E-state index in [0.717, 1.165) is 11.4 Å². The average molecular weight is 414 g/mol. The van der Waals surface area contributed by atoms with Crippen molar-refractivity contribution in [3.05, 3.63) is 79.5 Å². The molecule has 0 saturated heterocycles. The molecule has 0 aliphatic rings. The number of rotatable bonds is 7. The van der Waals surface area contributed by atoms with Crippen LogP contribution in [0.5, 0.6) is 11.6 Å². The minimum atomic E-state index is -0.292.